The van der Waals surface area contributed by atoms with Crippen molar-refractivity contribution in [2.75, 3.05) is 31.1 Å². The van der Waals surface area contributed by atoms with E-state index in [1.54, 1.807) is 33.2 Å². The number of hydrogen-bond acceptors (Lipinski definition) is 5. The van der Waals surface area contributed by atoms with Gasteiger partial charge in [-0.25, -0.2) is 9.97 Å². The molecule has 3 rings (SSSR count). The van der Waals surface area contributed by atoms with Gasteiger partial charge in [0.2, 0.25) is 0 Å². The maximum Gasteiger partial charge on any atom is 0.296 e. The molecule has 0 saturated carbocycles. The van der Waals surface area contributed by atoms with Crippen LogP contribution in [-0.2, 0) is 7.05 Å². The van der Waals surface area contributed by atoms with Crippen LogP contribution in [-0.4, -0.2) is 51.5 Å². The molecule has 0 radical (unpaired) electrons. The fourth-order valence-electron chi connectivity index (χ4n) is 3.09. The van der Waals surface area contributed by atoms with Crippen molar-refractivity contribution in [3.63, 3.8) is 0 Å². The number of likely N-dealkylation sites (N-methyl/N-ethyl adjacent to an activating group) is 1. The molecule has 0 aliphatic heterocycles. The minimum absolute atomic E-state index is 0.108. The Labute approximate surface area is 164 Å². The van der Waals surface area contributed by atoms with Gasteiger partial charge >= 0.3 is 0 Å². The van der Waals surface area contributed by atoms with Crippen LogP contribution in [0.15, 0.2) is 24.5 Å². The van der Waals surface area contributed by atoms with Crippen molar-refractivity contribution in [3.8, 4) is 0 Å². The van der Waals surface area contributed by atoms with Crippen LogP contribution >= 0.6 is 11.3 Å². The molecular weight excluding hydrogens is 358 g/mol. The van der Waals surface area contributed by atoms with E-state index in [0.29, 0.717) is 12.4 Å². The maximum absolute atomic E-state index is 13.2. The summed E-state index contributed by atoms with van der Waals surface area (Å²) < 4.78 is 2.86. The van der Waals surface area contributed by atoms with Crippen LogP contribution in [0, 0.1) is 13.8 Å². The summed E-state index contributed by atoms with van der Waals surface area (Å²) >= 11 is 1.56. The maximum atomic E-state index is 13.2. The highest BCUT2D eigenvalue weighted by atomic mass is 32.1. The summed E-state index contributed by atoms with van der Waals surface area (Å²) in [4.78, 5) is 26.4. The molecule has 0 N–H and O–H groups in total. The quantitative estimate of drug-likeness (QED) is 0.623. The molecular formula is C20H27N5OS. The molecule has 7 heteroatoms. The highest BCUT2D eigenvalue weighted by Crippen LogP contribution is 2.32. The monoisotopic (exact) mass is 385 g/mol. The second kappa shape index (κ2) is 8.19. The lowest BCUT2D eigenvalue weighted by Gasteiger charge is -2.24. The van der Waals surface area contributed by atoms with E-state index in [2.05, 4.69) is 49.7 Å². The number of fused-ring (bicyclic) bond motifs is 1. The minimum atomic E-state index is -0.108. The van der Waals surface area contributed by atoms with Crippen LogP contribution in [0.3, 0.4) is 0 Å². The van der Waals surface area contributed by atoms with Crippen molar-refractivity contribution in [2.45, 2.75) is 27.7 Å². The SMILES string of the molecule is CCN(CC)CCN(C(=O)c1nccn1C)c1nc2c(C)c(C)ccc2s1. The Morgan fingerprint density at radius 3 is 2.56 bits per heavy atom. The van der Waals surface area contributed by atoms with Gasteiger partial charge in [-0.15, -0.1) is 0 Å². The highest BCUT2D eigenvalue weighted by molar-refractivity contribution is 7.22. The lowest BCUT2D eigenvalue weighted by atomic mass is 10.1. The summed E-state index contributed by atoms with van der Waals surface area (Å²) in [5, 5.41) is 0.735. The highest BCUT2D eigenvalue weighted by Gasteiger charge is 2.25. The molecule has 0 aliphatic rings. The number of nitrogens with zero attached hydrogens (tertiary/aromatic N) is 5. The van der Waals surface area contributed by atoms with Gasteiger partial charge in [0.1, 0.15) is 0 Å². The summed E-state index contributed by atoms with van der Waals surface area (Å²) in [5.41, 5.74) is 3.36. The Balaban J connectivity index is 1.99. The van der Waals surface area contributed by atoms with Gasteiger partial charge in [0.25, 0.3) is 5.91 Å². The zero-order chi connectivity index (χ0) is 19.6. The predicted molar refractivity (Wildman–Crippen MR) is 112 cm³/mol. The third kappa shape index (κ3) is 3.89. The Morgan fingerprint density at radius 2 is 1.93 bits per heavy atom. The molecule has 3 aromatic rings. The van der Waals surface area contributed by atoms with Crippen LogP contribution in [0.4, 0.5) is 5.13 Å². The van der Waals surface area contributed by atoms with E-state index in [0.717, 1.165) is 35.0 Å². The van der Waals surface area contributed by atoms with Crippen molar-refractivity contribution in [3.05, 3.63) is 41.5 Å². The molecule has 1 amide bonds. The molecule has 0 atom stereocenters. The zero-order valence-corrected chi connectivity index (χ0v) is 17.5. The van der Waals surface area contributed by atoms with E-state index >= 15 is 0 Å². The Kier molecular flexibility index (Phi) is 5.92. The average molecular weight is 386 g/mol. The number of anilines is 1. The molecule has 27 heavy (non-hydrogen) atoms. The number of imidazole rings is 1. The standard InChI is InChI=1S/C20H27N5OS/c1-6-24(7-2)12-13-25(19(26)18-21-10-11-23(18)5)20-22-17-15(4)14(3)8-9-16(17)27-20/h8-11H,6-7,12-13H2,1-5H3. The Hall–Kier alpha value is -2.25. The molecule has 0 fully saturated rings. The largest absolute Gasteiger partial charge is 0.330 e. The number of rotatable bonds is 7. The number of hydrogen-bond donors (Lipinski definition) is 0. The number of aromatic nitrogens is 3. The van der Waals surface area contributed by atoms with Gasteiger partial charge in [-0.3, -0.25) is 9.69 Å². The number of amides is 1. The van der Waals surface area contributed by atoms with Gasteiger partial charge in [0.05, 0.1) is 10.2 Å². The lowest BCUT2D eigenvalue weighted by molar-refractivity contribution is 0.0971. The fraction of sp³-hybridized carbons (Fsp3) is 0.450. The lowest BCUT2D eigenvalue weighted by Crippen LogP contribution is -2.39. The molecule has 2 heterocycles. The van der Waals surface area contributed by atoms with Gasteiger partial charge in [0, 0.05) is 32.5 Å². The summed E-state index contributed by atoms with van der Waals surface area (Å²) in [7, 11) is 1.84. The van der Waals surface area contributed by atoms with E-state index in [4.69, 9.17) is 4.98 Å². The van der Waals surface area contributed by atoms with Crippen molar-refractivity contribution >= 4 is 32.6 Å². The van der Waals surface area contributed by atoms with Gasteiger partial charge in [-0.2, -0.15) is 0 Å². The van der Waals surface area contributed by atoms with E-state index in [-0.39, 0.29) is 5.91 Å². The second-order valence-electron chi connectivity index (χ2n) is 6.70. The van der Waals surface area contributed by atoms with Crippen molar-refractivity contribution in [1.29, 1.82) is 0 Å². The third-order valence-electron chi connectivity index (χ3n) is 5.10. The van der Waals surface area contributed by atoms with Crippen LogP contribution < -0.4 is 4.90 Å². The number of thiazole rings is 1. The summed E-state index contributed by atoms with van der Waals surface area (Å²) in [6, 6.07) is 4.20. The first kappa shape index (κ1) is 19.5. The topological polar surface area (TPSA) is 54.3 Å². The molecule has 144 valence electrons. The van der Waals surface area contributed by atoms with E-state index in [1.807, 2.05) is 7.05 Å². The molecule has 0 bridgehead atoms. The van der Waals surface area contributed by atoms with E-state index in [9.17, 15) is 4.79 Å². The molecule has 2 aromatic heterocycles. The summed E-state index contributed by atoms with van der Waals surface area (Å²) in [6.45, 7) is 11.8. The number of aryl methyl sites for hydroxylation is 3. The number of carbonyl (C=O) groups is 1. The Morgan fingerprint density at radius 1 is 1.19 bits per heavy atom. The van der Waals surface area contributed by atoms with Gasteiger partial charge in [-0.05, 0) is 44.1 Å². The fourth-order valence-corrected chi connectivity index (χ4v) is 4.14. The van der Waals surface area contributed by atoms with Crippen molar-refractivity contribution < 1.29 is 4.79 Å². The third-order valence-corrected chi connectivity index (χ3v) is 6.14. The van der Waals surface area contributed by atoms with E-state index < -0.39 is 0 Å². The normalized spacial score (nSPS) is 11.5. The molecule has 1 aromatic carbocycles. The van der Waals surface area contributed by atoms with E-state index in [1.165, 1.54) is 11.1 Å². The van der Waals surface area contributed by atoms with Crippen molar-refractivity contribution in [1.82, 2.24) is 19.4 Å². The Bertz CT molecular complexity index is 941. The smallest absolute Gasteiger partial charge is 0.296 e. The molecule has 0 aliphatic carbocycles. The first-order chi connectivity index (χ1) is 13.0. The zero-order valence-electron chi connectivity index (χ0n) is 16.7. The van der Waals surface area contributed by atoms with Crippen LogP contribution in [0.25, 0.3) is 10.2 Å². The second-order valence-corrected chi connectivity index (χ2v) is 7.71. The molecule has 0 unspecified atom stereocenters. The minimum Gasteiger partial charge on any atom is -0.330 e. The van der Waals surface area contributed by atoms with Gasteiger partial charge in [-0.1, -0.05) is 31.3 Å². The number of carbonyl (C=O) groups excluding carboxylic acids is 1. The van der Waals surface area contributed by atoms with Gasteiger partial charge in [0.15, 0.2) is 11.0 Å². The van der Waals surface area contributed by atoms with Crippen LogP contribution in [0.1, 0.15) is 35.6 Å². The van der Waals surface area contributed by atoms with Crippen molar-refractivity contribution in [2.24, 2.45) is 7.05 Å². The van der Waals surface area contributed by atoms with Crippen LogP contribution in [0.5, 0.6) is 0 Å². The van der Waals surface area contributed by atoms with Gasteiger partial charge < -0.3 is 9.47 Å². The predicted octanol–water partition coefficient (Wildman–Crippen LogP) is 3.64. The summed E-state index contributed by atoms with van der Waals surface area (Å²) in [5.74, 6) is 0.324. The first-order valence-electron chi connectivity index (χ1n) is 9.34. The average Bonchev–Trinajstić information content (AvgIpc) is 3.28. The molecule has 0 spiro atoms. The summed E-state index contributed by atoms with van der Waals surface area (Å²) in [6.07, 6.45) is 3.45. The van der Waals surface area contributed by atoms with Crippen LogP contribution in [0.2, 0.25) is 0 Å². The first-order valence-corrected chi connectivity index (χ1v) is 10.2. The number of benzene rings is 1. The molecule has 0 saturated heterocycles. The molecule has 6 nitrogen and oxygen atoms in total.